The fourth-order valence-electron chi connectivity index (χ4n) is 17.7. The van der Waals surface area contributed by atoms with Gasteiger partial charge in [0.25, 0.3) is 0 Å². The highest BCUT2D eigenvalue weighted by molar-refractivity contribution is 6.18. The summed E-state index contributed by atoms with van der Waals surface area (Å²) in [6, 6.07) is 132. The second-order valence-electron chi connectivity index (χ2n) is 32.0. The fraction of sp³-hybridized carbons (Fsp3) is 0. The van der Waals surface area contributed by atoms with Crippen molar-refractivity contribution in [2.75, 3.05) is 0 Å². The first kappa shape index (κ1) is 77.0. The van der Waals surface area contributed by atoms with Crippen LogP contribution in [0, 0.1) is 0 Å². The molecule has 14 heteroatoms. The Labute approximate surface area is 746 Å². The molecule has 14 nitrogen and oxygen atoms in total. The van der Waals surface area contributed by atoms with E-state index in [1.165, 1.54) is 64.6 Å². The van der Waals surface area contributed by atoms with Gasteiger partial charge in [-0.15, -0.1) is 0 Å². The third kappa shape index (κ3) is 15.0. The smallest absolute Gasteiger partial charge is 0.165 e. The summed E-state index contributed by atoms with van der Waals surface area (Å²) in [7, 11) is 0. The van der Waals surface area contributed by atoms with Crippen LogP contribution in [0.2, 0.25) is 0 Å². The van der Waals surface area contributed by atoms with Gasteiger partial charge in [0, 0.05) is 123 Å². The molecule has 606 valence electrons. The van der Waals surface area contributed by atoms with Crippen molar-refractivity contribution in [2.45, 2.75) is 0 Å². The van der Waals surface area contributed by atoms with Crippen LogP contribution in [0.25, 0.3) is 244 Å². The van der Waals surface area contributed by atoms with E-state index in [9.17, 15) is 0 Å². The Kier molecular flexibility index (Phi) is 19.9. The van der Waals surface area contributed by atoms with Gasteiger partial charge in [-0.05, 0) is 223 Å². The van der Waals surface area contributed by atoms with Gasteiger partial charge in [0.05, 0.1) is 28.5 Å². The molecule has 9 aromatic heterocycles. The van der Waals surface area contributed by atoms with Crippen molar-refractivity contribution in [1.29, 1.82) is 0 Å². The highest BCUT2D eigenvalue weighted by Crippen LogP contribution is 2.43. The molecule has 0 bridgehead atoms. The SMILES string of the molecule is c1ccc2c(c1)cc(-c1cc(-c3cc4ccccc4c4ccccc34)nc(-c3ccc(-c4ccncc4)nc3)n1)c1ccccc12.c1ccc2c(c1)cc(-c1nc(-c3ccc(-c4ccncc4)nc3)nc(-c3cc4ccccc4c4ccccc34)n1)c1ccccc12.c1ccc2cc(-c3nc(-c4ccc(-c5ccncc5)nc4)nc(-c4ccc5ccccc5c4)n3)ccc2c1. The maximum Gasteiger partial charge on any atom is 0.165 e. The van der Waals surface area contributed by atoms with E-state index in [1.54, 1.807) is 37.2 Å². The maximum atomic E-state index is 5.24. The van der Waals surface area contributed by atoms with E-state index < -0.39 is 0 Å². The Morgan fingerprint density at radius 3 is 0.685 bits per heavy atom. The Bertz CT molecular complexity index is 7930. The largest absolute Gasteiger partial charge is 0.265 e. The molecule has 0 aliphatic carbocycles. The molecule has 0 radical (unpaired) electrons. The lowest BCUT2D eigenvalue weighted by Crippen LogP contribution is -2.01. The third-order valence-electron chi connectivity index (χ3n) is 24.1. The molecule has 9 heterocycles. The summed E-state index contributed by atoms with van der Waals surface area (Å²) >= 11 is 0. The molecule has 130 heavy (non-hydrogen) atoms. The molecule has 0 unspecified atom stereocenters. The Hall–Kier alpha value is -17.9. The van der Waals surface area contributed by atoms with Gasteiger partial charge < -0.3 is 0 Å². The van der Waals surface area contributed by atoms with Gasteiger partial charge in [-0.25, -0.2) is 39.9 Å². The molecule has 0 atom stereocenters. The zero-order chi connectivity index (χ0) is 86.2. The first-order chi connectivity index (χ1) is 64.4. The number of nitrogens with zero attached hydrogens (tertiary/aromatic N) is 14. The highest BCUT2D eigenvalue weighted by atomic mass is 15.0. The minimum atomic E-state index is 0.572. The lowest BCUT2D eigenvalue weighted by molar-refractivity contribution is 1.07. The van der Waals surface area contributed by atoms with Crippen molar-refractivity contribution in [3.8, 4) is 136 Å². The van der Waals surface area contributed by atoms with Crippen LogP contribution in [0.1, 0.15) is 0 Å². The highest BCUT2D eigenvalue weighted by Gasteiger charge is 2.23. The number of aromatic nitrogens is 14. The molecule has 0 saturated heterocycles. The van der Waals surface area contributed by atoms with Crippen molar-refractivity contribution in [1.82, 2.24) is 69.8 Å². The number of hydrogen-bond acceptors (Lipinski definition) is 14. The molecule has 0 saturated carbocycles. The van der Waals surface area contributed by atoms with Gasteiger partial charge in [0.1, 0.15) is 0 Å². The van der Waals surface area contributed by atoms with Crippen LogP contribution in [0.15, 0.2) is 438 Å². The predicted octanol–water partition coefficient (Wildman–Crippen LogP) is 28.1. The summed E-state index contributed by atoms with van der Waals surface area (Å²) in [5.74, 6) is 4.29. The molecule has 0 N–H and O–H groups in total. The van der Waals surface area contributed by atoms with E-state index in [4.69, 9.17) is 49.8 Å². The fourth-order valence-corrected chi connectivity index (χ4v) is 17.7. The normalized spacial score (nSPS) is 11.4. The van der Waals surface area contributed by atoms with Crippen LogP contribution >= 0.6 is 0 Å². The van der Waals surface area contributed by atoms with Crippen LogP contribution in [0.3, 0.4) is 0 Å². The van der Waals surface area contributed by atoms with E-state index >= 15 is 0 Å². The molecule has 16 aromatic carbocycles. The average Bonchev–Trinajstić information content (AvgIpc) is 0.748. The third-order valence-corrected chi connectivity index (χ3v) is 24.1. The van der Waals surface area contributed by atoms with Crippen LogP contribution in [0.5, 0.6) is 0 Å². The van der Waals surface area contributed by atoms with Crippen LogP contribution in [0.4, 0.5) is 0 Å². The summed E-state index contributed by atoms with van der Waals surface area (Å²) < 4.78 is 0. The molecule has 0 spiro atoms. The van der Waals surface area contributed by atoms with Crippen molar-refractivity contribution < 1.29 is 0 Å². The topological polar surface area (TPSA) is 180 Å². The van der Waals surface area contributed by atoms with Crippen LogP contribution in [-0.4, -0.2) is 69.8 Å². The molecule has 0 aliphatic heterocycles. The molecular weight excluding hydrogens is 1590 g/mol. The zero-order valence-corrected chi connectivity index (χ0v) is 69.8. The molecule has 25 aromatic rings. The van der Waals surface area contributed by atoms with E-state index in [0.717, 1.165) is 138 Å². The Morgan fingerprint density at radius 2 is 0.369 bits per heavy atom. The van der Waals surface area contributed by atoms with E-state index in [0.29, 0.717) is 40.8 Å². The predicted molar refractivity (Wildman–Crippen MR) is 529 cm³/mol. The van der Waals surface area contributed by atoms with Gasteiger partial charge in [-0.3, -0.25) is 29.9 Å². The Balaban J connectivity index is 0.000000112. The van der Waals surface area contributed by atoms with E-state index in [2.05, 4.69) is 311 Å². The Morgan fingerprint density at radius 1 is 0.131 bits per heavy atom. The number of hydrogen-bond donors (Lipinski definition) is 0. The van der Waals surface area contributed by atoms with Gasteiger partial charge >= 0.3 is 0 Å². The average molecular weight is 1660 g/mol. The minimum absolute atomic E-state index is 0.572. The lowest BCUT2D eigenvalue weighted by Gasteiger charge is -2.15. The molecular formula is C116H72N14. The van der Waals surface area contributed by atoms with Crippen LogP contribution < -0.4 is 0 Å². The minimum Gasteiger partial charge on any atom is -0.265 e. The van der Waals surface area contributed by atoms with Gasteiger partial charge in [0.15, 0.2) is 40.8 Å². The summed E-state index contributed by atoms with van der Waals surface area (Å²) in [6.45, 7) is 0. The number of fused-ring (bicyclic) bond motifs is 14. The maximum absolute atomic E-state index is 5.24. The monoisotopic (exact) mass is 1660 g/mol. The van der Waals surface area contributed by atoms with Crippen molar-refractivity contribution in [2.24, 2.45) is 0 Å². The summed E-state index contributed by atoms with van der Waals surface area (Å²) in [5.41, 5.74) is 15.8. The zero-order valence-electron chi connectivity index (χ0n) is 69.8. The van der Waals surface area contributed by atoms with Gasteiger partial charge in [-0.2, -0.15) is 0 Å². The quantitative estimate of drug-likeness (QED) is 0.105. The second-order valence-corrected chi connectivity index (χ2v) is 32.0. The number of rotatable bonds is 12. The van der Waals surface area contributed by atoms with E-state index in [1.807, 2.05) is 110 Å². The number of pyridine rings is 6. The first-order valence-corrected chi connectivity index (χ1v) is 43.0. The summed E-state index contributed by atoms with van der Waals surface area (Å²) in [5, 5.41) is 23.4. The molecule has 0 fully saturated rings. The standard InChI is InChI=1S/C42H26N4.C41H25N5.C33H21N5/c1-3-11-31-28(9-1)23-37(35-15-7-5-13-33(31)35)40-25-41(38-24-29-10-2-4-12-32(29)34-14-6-8-16-36(34)38)46-42(45-40)30-17-18-39(44-26-30)27-19-21-43-22-20-27;1-3-11-30-27(9-1)23-36(34-15-7-5-13-32(30)34)40-44-39(29-17-18-38(43-25-29)26-19-21-42-22-20-26)45-41(46-40)37-24-28-10-2-4-12-31(28)33-14-6-8-16-35(33)37;1-3-7-25-19-27(11-9-22(25)5-1)31-36-32(28-12-10-23-6-2-4-8-26(23)20-28)38-33(37-31)29-13-14-30(35-21-29)24-15-17-34-18-16-24/h1-26H;1-25H;1-21H. The van der Waals surface area contributed by atoms with E-state index in [-0.39, 0.29) is 0 Å². The summed E-state index contributed by atoms with van der Waals surface area (Å²) in [4.78, 5) is 67.3. The van der Waals surface area contributed by atoms with Crippen molar-refractivity contribution in [3.05, 3.63) is 438 Å². The van der Waals surface area contributed by atoms with Gasteiger partial charge in [0.2, 0.25) is 0 Å². The van der Waals surface area contributed by atoms with Gasteiger partial charge in [-0.1, -0.05) is 267 Å². The summed E-state index contributed by atoms with van der Waals surface area (Å²) in [6.07, 6.45) is 16.2. The molecule has 25 rings (SSSR count). The first-order valence-electron chi connectivity index (χ1n) is 43.0. The lowest BCUT2D eigenvalue weighted by atomic mass is 9.93. The molecule has 0 amide bonds. The number of benzene rings is 16. The van der Waals surface area contributed by atoms with Crippen molar-refractivity contribution >= 4 is 108 Å². The van der Waals surface area contributed by atoms with Crippen LogP contribution in [-0.2, 0) is 0 Å². The molecule has 0 aliphatic rings. The second kappa shape index (κ2) is 33.6. The van der Waals surface area contributed by atoms with Crippen molar-refractivity contribution in [3.63, 3.8) is 0 Å².